The number of aromatic nitrogens is 2. The minimum atomic E-state index is -1.32. The first-order valence-electron chi connectivity index (χ1n) is 13.3. The maximum absolute atomic E-state index is 13.7. The largest absolute Gasteiger partial charge is 0.505 e. The highest BCUT2D eigenvalue weighted by Crippen LogP contribution is 2.27. The standard InChI is InChI=1S/C28H35N5O7/c1-15-10-21(35)24(18-13-40-14-18)33(3)28(39)16(2)25(36)19(11-17-6-4-8-29-12-17)31-26(37)22(15)32-27(38)23-20(34)7-5-9-30-23/h4-9,12,15-16,18-19,22,24-25,34,36H,10-11,13-14H2,1-3H3,(H,31,37)(H,32,38)/t15-,16+,19-,22-,24?,25-/m0/s1. The van der Waals surface area contributed by atoms with Crippen LogP contribution in [0.25, 0.3) is 0 Å². The van der Waals surface area contributed by atoms with E-state index < -0.39 is 53.8 Å². The van der Waals surface area contributed by atoms with E-state index in [-0.39, 0.29) is 36.0 Å². The van der Waals surface area contributed by atoms with Crippen LogP contribution in [0.2, 0.25) is 0 Å². The number of hydrogen-bond donors (Lipinski definition) is 4. The van der Waals surface area contributed by atoms with E-state index in [9.17, 15) is 29.4 Å². The second-order valence-corrected chi connectivity index (χ2v) is 10.6. The van der Waals surface area contributed by atoms with Crippen molar-refractivity contribution >= 4 is 23.5 Å². The predicted molar refractivity (Wildman–Crippen MR) is 142 cm³/mol. The van der Waals surface area contributed by atoms with E-state index >= 15 is 0 Å². The van der Waals surface area contributed by atoms with Gasteiger partial charge in [-0.15, -0.1) is 0 Å². The number of amides is 3. The van der Waals surface area contributed by atoms with E-state index in [1.54, 1.807) is 45.4 Å². The first-order valence-corrected chi connectivity index (χ1v) is 13.3. The van der Waals surface area contributed by atoms with Gasteiger partial charge in [0.1, 0.15) is 11.8 Å². The van der Waals surface area contributed by atoms with Gasteiger partial charge < -0.3 is 30.5 Å². The maximum Gasteiger partial charge on any atom is 0.274 e. The fraction of sp³-hybridized carbons (Fsp3) is 0.500. The molecule has 0 saturated carbocycles. The zero-order valence-corrected chi connectivity index (χ0v) is 22.7. The van der Waals surface area contributed by atoms with Crippen LogP contribution in [0.1, 0.15) is 36.3 Å². The van der Waals surface area contributed by atoms with Crippen LogP contribution in [-0.2, 0) is 25.5 Å². The second-order valence-electron chi connectivity index (χ2n) is 10.6. The Morgan fingerprint density at radius 2 is 1.90 bits per heavy atom. The van der Waals surface area contributed by atoms with Gasteiger partial charge >= 0.3 is 0 Å². The molecule has 4 rings (SSSR count). The molecule has 2 saturated heterocycles. The lowest BCUT2D eigenvalue weighted by Gasteiger charge is -2.41. The summed E-state index contributed by atoms with van der Waals surface area (Å²) in [5, 5.41) is 26.9. The van der Waals surface area contributed by atoms with Crippen molar-refractivity contribution in [3.63, 3.8) is 0 Å². The van der Waals surface area contributed by atoms with Crippen molar-refractivity contribution in [1.29, 1.82) is 0 Å². The number of carbonyl (C=O) groups is 4. The lowest BCUT2D eigenvalue weighted by atomic mass is 9.84. The highest BCUT2D eigenvalue weighted by molar-refractivity contribution is 5.98. The number of nitrogens with zero attached hydrogens (tertiary/aromatic N) is 3. The summed E-state index contributed by atoms with van der Waals surface area (Å²) < 4.78 is 5.30. The van der Waals surface area contributed by atoms with Gasteiger partial charge in [0, 0.05) is 38.0 Å². The minimum Gasteiger partial charge on any atom is -0.505 e. The fourth-order valence-corrected chi connectivity index (χ4v) is 5.29. The number of carbonyl (C=O) groups excluding carboxylic acids is 4. The number of aliphatic hydroxyl groups is 1. The molecule has 2 aromatic heterocycles. The molecular formula is C28H35N5O7. The highest BCUT2D eigenvalue weighted by atomic mass is 16.5. The fourth-order valence-electron chi connectivity index (χ4n) is 5.29. The van der Waals surface area contributed by atoms with E-state index in [1.807, 2.05) is 0 Å². The summed E-state index contributed by atoms with van der Waals surface area (Å²) in [7, 11) is 1.54. The van der Waals surface area contributed by atoms with Crippen LogP contribution < -0.4 is 10.6 Å². The lowest BCUT2D eigenvalue weighted by molar-refractivity contribution is -0.154. The average Bonchev–Trinajstić information content (AvgIpc) is 2.91. The summed E-state index contributed by atoms with van der Waals surface area (Å²) in [6, 6.07) is 3.34. The number of ether oxygens (including phenoxy) is 1. The van der Waals surface area contributed by atoms with Crippen LogP contribution in [0, 0.1) is 17.8 Å². The van der Waals surface area contributed by atoms with Gasteiger partial charge in [-0.3, -0.25) is 24.2 Å². The molecule has 0 aliphatic carbocycles. The van der Waals surface area contributed by atoms with Crippen molar-refractivity contribution in [3.8, 4) is 5.75 Å². The maximum atomic E-state index is 13.7. The molecule has 0 spiro atoms. The number of Topliss-reactive ketones (excluding diaryl/α,β-unsaturated/α-hetero) is 1. The van der Waals surface area contributed by atoms with E-state index in [4.69, 9.17) is 4.74 Å². The van der Waals surface area contributed by atoms with Crippen LogP contribution in [0.4, 0.5) is 0 Å². The van der Waals surface area contributed by atoms with Crippen LogP contribution in [-0.4, -0.2) is 93.1 Å². The Morgan fingerprint density at radius 1 is 1.18 bits per heavy atom. The van der Waals surface area contributed by atoms with Crippen LogP contribution in [0.5, 0.6) is 5.75 Å². The Hall–Kier alpha value is -3.90. The number of nitrogens with one attached hydrogen (secondary N) is 2. The topological polar surface area (TPSA) is 171 Å². The molecular weight excluding hydrogens is 518 g/mol. The summed E-state index contributed by atoms with van der Waals surface area (Å²) >= 11 is 0. The molecule has 2 fully saturated rings. The normalized spacial score (nSPS) is 28.6. The van der Waals surface area contributed by atoms with Crippen molar-refractivity contribution in [2.75, 3.05) is 20.3 Å². The summed E-state index contributed by atoms with van der Waals surface area (Å²) in [5.74, 6) is -4.39. The molecule has 0 radical (unpaired) electrons. The average molecular weight is 554 g/mol. The highest BCUT2D eigenvalue weighted by Gasteiger charge is 2.44. The number of aromatic hydroxyl groups is 1. The summed E-state index contributed by atoms with van der Waals surface area (Å²) in [6.07, 6.45) is 3.26. The Balaban J connectivity index is 1.70. The Morgan fingerprint density at radius 3 is 2.52 bits per heavy atom. The molecule has 0 bridgehead atoms. The molecule has 4 N–H and O–H groups in total. The quantitative estimate of drug-likeness (QED) is 0.400. The van der Waals surface area contributed by atoms with Crippen molar-refractivity contribution < 1.29 is 34.1 Å². The SMILES string of the molecule is C[C@H]1CC(=O)C(C2COC2)N(C)C(=O)[C@H](C)[C@H](O)[C@H](Cc2cccnc2)NC(=O)[C@H]1NC(=O)c1ncccc1O. The molecule has 40 heavy (non-hydrogen) atoms. The van der Waals surface area contributed by atoms with E-state index in [0.717, 1.165) is 5.56 Å². The van der Waals surface area contributed by atoms with Gasteiger partial charge in [0.2, 0.25) is 11.8 Å². The summed E-state index contributed by atoms with van der Waals surface area (Å²) in [5.41, 5.74) is 0.453. The smallest absolute Gasteiger partial charge is 0.274 e. The Bertz CT molecular complexity index is 1240. The van der Waals surface area contributed by atoms with Gasteiger partial charge in [0.15, 0.2) is 11.5 Å². The van der Waals surface area contributed by atoms with Gasteiger partial charge in [-0.25, -0.2) is 4.98 Å². The monoisotopic (exact) mass is 553 g/mol. The number of aliphatic hydroxyl groups excluding tert-OH is 1. The van der Waals surface area contributed by atoms with Gasteiger partial charge in [-0.1, -0.05) is 19.9 Å². The predicted octanol–water partition coefficient (Wildman–Crippen LogP) is 0.0874. The molecule has 12 heteroatoms. The van der Waals surface area contributed by atoms with Crippen LogP contribution >= 0.6 is 0 Å². The summed E-state index contributed by atoms with van der Waals surface area (Å²) in [4.78, 5) is 63.2. The van der Waals surface area contributed by atoms with E-state index in [2.05, 4.69) is 20.6 Å². The minimum absolute atomic E-state index is 0.116. The van der Waals surface area contributed by atoms with Crippen molar-refractivity contribution in [1.82, 2.24) is 25.5 Å². The molecule has 2 aromatic rings. The number of pyridine rings is 2. The third kappa shape index (κ3) is 6.28. The molecule has 4 heterocycles. The molecule has 6 atom stereocenters. The molecule has 1 unspecified atom stereocenters. The van der Waals surface area contributed by atoms with Gasteiger partial charge in [-0.2, -0.15) is 0 Å². The lowest BCUT2D eigenvalue weighted by Crippen LogP contribution is -2.61. The number of likely N-dealkylation sites (N-methyl/N-ethyl adjacent to an activating group) is 1. The van der Waals surface area contributed by atoms with Crippen molar-refractivity contribution in [3.05, 3.63) is 54.1 Å². The Labute approximate surface area is 232 Å². The van der Waals surface area contributed by atoms with Gasteiger partial charge in [0.05, 0.1) is 37.3 Å². The Kier molecular flexibility index (Phi) is 9.10. The number of ketones is 1. The molecule has 2 aliphatic rings. The zero-order chi connectivity index (χ0) is 29.0. The van der Waals surface area contributed by atoms with E-state index in [0.29, 0.717) is 13.2 Å². The van der Waals surface area contributed by atoms with Gasteiger partial charge in [0.25, 0.3) is 5.91 Å². The molecule has 3 amide bonds. The zero-order valence-electron chi connectivity index (χ0n) is 22.7. The van der Waals surface area contributed by atoms with Crippen LogP contribution in [0.3, 0.4) is 0 Å². The van der Waals surface area contributed by atoms with Crippen molar-refractivity contribution in [2.24, 2.45) is 17.8 Å². The number of rotatable bonds is 5. The molecule has 214 valence electrons. The number of hydrogen-bond acceptors (Lipinski definition) is 9. The third-order valence-corrected chi connectivity index (χ3v) is 7.69. The first kappa shape index (κ1) is 29.1. The van der Waals surface area contributed by atoms with Crippen molar-refractivity contribution in [2.45, 2.75) is 50.9 Å². The van der Waals surface area contributed by atoms with E-state index in [1.165, 1.54) is 23.2 Å². The second kappa shape index (κ2) is 12.5. The summed E-state index contributed by atoms with van der Waals surface area (Å²) in [6.45, 7) is 3.82. The third-order valence-electron chi connectivity index (χ3n) is 7.69. The van der Waals surface area contributed by atoms with Gasteiger partial charge in [-0.05, 0) is 36.1 Å². The van der Waals surface area contributed by atoms with Crippen LogP contribution in [0.15, 0.2) is 42.9 Å². The molecule has 2 aliphatic heterocycles. The molecule has 12 nitrogen and oxygen atoms in total. The molecule has 0 aromatic carbocycles. The first-order chi connectivity index (χ1) is 19.1.